The van der Waals surface area contributed by atoms with Gasteiger partial charge in [-0.2, -0.15) is 0 Å². The van der Waals surface area contributed by atoms with Crippen molar-refractivity contribution < 1.29 is 4.79 Å². The maximum absolute atomic E-state index is 12.2. The average molecular weight is 352 g/mol. The molecule has 0 aliphatic rings. The number of hydrogen-bond acceptors (Lipinski definition) is 4. The summed E-state index contributed by atoms with van der Waals surface area (Å²) in [6.07, 6.45) is 5.15. The van der Waals surface area contributed by atoms with Gasteiger partial charge in [-0.15, -0.1) is 22.7 Å². The quantitative estimate of drug-likeness (QED) is 0.664. The zero-order valence-corrected chi connectivity index (χ0v) is 14.5. The third-order valence-electron chi connectivity index (χ3n) is 3.36. The molecule has 0 aliphatic carbocycles. The second kappa shape index (κ2) is 6.24. The van der Waals surface area contributed by atoms with Crippen molar-refractivity contribution in [1.29, 1.82) is 0 Å². The fourth-order valence-corrected chi connectivity index (χ4v) is 4.03. The number of amides is 1. The molecular weight excluding hydrogens is 338 g/mol. The highest BCUT2D eigenvalue weighted by atomic mass is 35.5. The van der Waals surface area contributed by atoms with E-state index in [1.165, 1.54) is 27.9 Å². The first kappa shape index (κ1) is 15.3. The van der Waals surface area contributed by atoms with Gasteiger partial charge in [0, 0.05) is 29.6 Å². The smallest absolute Gasteiger partial charge is 0.246 e. The van der Waals surface area contributed by atoms with E-state index < -0.39 is 0 Å². The van der Waals surface area contributed by atoms with Gasteiger partial charge in [0.25, 0.3) is 0 Å². The number of fused-ring (bicyclic) bond motifs is 1. The normalized spacial score (nSPS) is 11.6. The lowest BCUT2D eigenvalue weighted by Crippen LogP contribution is -2.23. The first-order valence-electron chi connectivity index (χ1n) is 6.63. The summed E-state index contributed by atoms with van der Waals surface area (Å²) in [4.78, 5) is 20.2. The molecule has 1 amide bonds. The number of imidazole rings is 1. The molecule has 114 valence electrons. The van der Waals surface area contributed by atoms with Gasteiger partial charge in [-0.25, -0.2) is 4.98 Å². The van der Waals surface area contributed by atoms with Crippen molar-refractivity contribution in [3.05, 3.63) is 50.4 Å². The number of carbonyl (C=O) groups excluding carboxylic acids is 1. The highest BCUT2D eigenvalue weighted by molar-refractivity contribution is 7.15. The minimum absolute atomic E-state index is 0.0611. The average Bonchev–Trinajstić information content (AvgIpc) is 3.15. The van der Waals surface area contributed by atoms with E-state index >= 15 is 0 Å². The molecule has 0 spiro atoms. The number of rotatable bonds is 4. The SMILES string of the molecule is Cc1ccsc1CN(C)C(=O)C=Cc1c(Cl)nc2sccn12. The number of thiophene rings is 1. The van der Waals surface area contributed by atoms with E-state index in [4.69, 9.17) is 11.6 Å². The van der Waals surface area contributed by atoms with Gasteiger partial charge in [-0.3, -0.25) is 9.20 Å². The van der Waals surface area contributed by atoms with Gasteiger partial charge in [-0.05, 0) is 30.0 Å². The summed E-state index contributed by atoms with van der Waals surface area (Å²) in [5, 5.41) is 4.38. The molecule has 0 atom stereocenters. The minimum atomic E-state index is -0.0611. The van der Waals surface area contributed by atoms with Crippen LogP contribution in [0.5, 0.6) is 0 Å². The molecular formula is C15H14ClN3OS2. The molecule has 0 aromatic carbocycles. The second-order valence-corrected chi connectivity index (χ2v) is 7.13. The number of likely N-dealkylation sites (N-methyl/N-ethyl adjacent to an activating group) is 1. The van der Waals surface area contributed by atoms with Crippen LogP contribution in [-0.4, -0.2) is 27.2 Å². The summed E-state index contributed by atoms with van der Waals surface area (Å²) in [6, 6.07) is 2.06. The van der Waals surface area contributed by atoms with E-state index in [-0.39, 0.29) is 5.91 Å². The summed E-state index contributed by atoms with van der Waals surface area (Å²) < 4.78 is 1.88. The van der Waals surface area contributed by atoms with Gasteiger partial charge in [0.2, 0.25) is 5.91 Å². The van der Waals surface area contributed by atoms with E-state index in [9.17, 15) is 4.79 Å². The molecule has 3 aromatic heterocycles. The number of carbonyl (C=O) groups is 1. The predicted molar refractivity (Wildman–Crippen MR) is 92.6 cm³/mol. The Morgan fingerprint density at radius 1 is 1.45 bits per heavy atom. The summed E-state index contributed by atoms with van der Waals surface area (Å²) in [7, 11) is 1.80. The van der Waals surface area contributed by atoms with Crippen molar-refractivity contribution in [2.45, 2.75) is 13.5 Å². The van der Waals surface area contributed by atoms with Crippen LogP contribution in [-0.2, 0) is 11.3 Å². The van der Waals surface area contributed by atoms with Crippen LogP contribution in [0, 0.1) is 6.92 Å². The fourth-order valence-electron chi connectivity index (χ4n) is 2.06. The van der Waals surface area contributed by atoms with Crippen LogP contribution in [0.4, 0.5) is 0 Å². The summed E-state index contributed by atoms with van der Waals surface area (Å²) in [5.74, 6) is -0.0611. The van der Waals surface area contributed by atoms with Crippen LogP contribution in [0.25, 0.3) is 11.0 Å². The molecule has 22 heavy (non-hydrogen) atoms. The van der Waals surface area contributed by atoms with Crippen molar-refractivity contribution in [3.63, 3.8) is 0 Å². The Morgan fingerprint density at radius 3 is 3.00 bits per heavy atom. The van der Waals surface area contributed by atoms with E-state index in [0.29, 0.717) is 11.7 Å². The maximum atomic E-state index is 12.2. The van der Waals surface area contributed by atoms with Crippen molar-refractivity contribution in [2.24, 2.45) is 0 Å². The highest BCUT2D eigenvalue weighted by Crippen LogP contribution is 2.22. The Labute approximate surface area is 141 Å². The number of hydrogen-bond donors (Lipinski definition) is 0. The lowest BCUT2D eigenvalue weighted by atomic mass is 10.3. The van der Waals surface area contributed by atoms with E-state index in [1.54, 1.807) is 29.4 Å². The third kappa shape index (κ3) is 2.95. The number of aryl methyl sites for hydroxylation is 1. The van der Waals surface area contributed by atoms with Gasteiger partial charge < -0.3 is 4.90 Å². The van der Waals surface area contributed by atoms with Gasteiger partial charge >= 0.3 is 0 Å². The van der Waals surface area contributed by atoms with Gasteiger partial charge in [0.1, 0.15) is 0 Å². The number of nitrogens with zero attached hydrogens (tertiary/aromatic N) is 3. The third-order valence-corrected chi connectivity index (χ3v) is 5.41. The molecule has 0 aliphatic heterocycles. The predicted octanol–water partition coefficient (Wildman–Crippen LogP) is 4.09. The minimum Gasteiger partial charge on any atom is -0.337 e. The molecule has 4 nitrogen and oxygen atoms in total. The second-order valence-electron chi connectivity index (χ2n) is 4.90. The van der Waals surface area contributed by atoms with Crippen LogP contribution in [0.3, 0.4) is 0 Å². The summed E-state index contributed by atoms with van der Waals surface area (Å²) in [6.45, 7) is 2.67. The molecule has 0 unspecified atom stereocenters. The van der Waals surface area contributed by atoms with Crippen LogP contribution in [0.1, 0.15) is 16.1 Å². The Bertz CT molecular complexity index is 846. The van der Waals surface area contributed by atoms with E-state index in [2.05, 4.69) is 18.0 Å². The Kier molecular flexibility index (Phi) is 4.33. The van der Waals surface area contributed by atoms with Crippen LogP contribution in [0.2, 0.25) is 5.15 Å². The largest absolute Gasteiger partial charge is 0.337 e. The lowest BCUT2D eigenvalue weighted by Gasteiger charge is -2.14. The monoisotopic (exact) mass is 351 g/mol. The number of aromatic nitrogens is 2. The zero-order chi connectivity index (χ0) is 15.7. The van der Waals surface area contributed by atoms with Gasteiger partial charge in [0.15, 0.2) is 10.1 Å². The number of halogens is 1. The van der Waals surface area contributed by atoms with Crippen LogP contribution < -0.4 is 0 Å². The molecule has 7 heteroatoms. The Balaban J connectivity index is 1.74. The fraction of sp³-hybridized carbons (Fsp3) is 0.200. The molecule has 0 saturated heterocycles. The van der Waals surface area contributed by atoms with Crippen molar-refractivity contribution >= 4 is 51.2 Å². The number of thiazole rings is 1. The standard InChI is InChI=1S/C15H14ClN3OS2/c1-10-5-7-21-12(10)9-18(2)13(20)4-3-11-14(16)17-15-19(11)6-8-22-15/h3-8H,9H2,1-2H3. The van der Waals surface area contributed by atoms with E-state index in [0.717, 1.165) is 10.7 Å². The van der Waals surface area contributed by atoms with Crippen molar-refractivity contribution in [2.75, 3.05) is 7.05 Å². The molecule has 0 fully saturated rings. The molecule has 3 aromatic rings. The summed E-state index contributed by atoms with van der Waals surface area (Å²) in [5.41, 5.74) is 1.94. The molecule has 3 heterocycles. The summed E-state index contributed by atoms with van der Waals surface area (Å²) >= 11 is 9.28. The molecule has 0 radical (unpaired) electrons. The van der Waals surface area contributed by atoms with E-state index in [1.807, 2.05) is 21.4 Å². The first-order valence-corrected chi connectivity index (χ1v) is 8.77. The molecule has 3 rings (SSSR count). The lowest BCUT2D eigenvalue weighted by molar-refractivity contribution is -0.125. The van der Waals surface area contributed by atoms with Gasteiger partial charge in [-0.1, -0.05) is 11.6 Å². The Hall–Kier alpha value is -1.63. The zero-order valence-electron chi connectivity index (χ0n) is 12.1. The van der Waals surface area contributed by atoms with Crippen molar-refractivity contribution in [3.8, 4) is 0 Å². The first-order chi connectivity index (χ1) is 10.6. The van der Waals surface area contributed by atoms with Crippen LogP contribution >= 0.6 is 34.3 Å². The molecule has 0 bridgehead atoms. The van der Waals surface area contributed by atoms with Gasteiger partial charge in [0.05, 0.1) is 12.2 Å². The topological polar surface area (TPSA) is 37.6 Å². The molecule has 0 saturated carbocycles. The van der Waals surface area contributed by atoms with Crippen molar-refractivity contribution in [1.82, 2.24) is 14.3 Å². The van der Waals surface area contributed by atoms with Crippen LogP contribution in [0.15, 0.2) is 29.1 Å². The highest BCUT2D eigenvalue weighted by Gasteiger charge is 2.11. The Morgan fingerprint density at radius 2 is 2.27 bits per heavy atom. The maximum Gasteiger partial charge on any atom is 0.246 e. The molecule has 0 N–H and O–H groups in total.